The molecule has 5 heteroatoms. The van der Waals surface area contributed by atoms with Crippen LogP contribution in [0.15, 0.2) is 16.8 Å². The zero-order valence-corrected chi connectivity index (χ0v) is 11.3. The highest BCUT2D eigenvalue weighted by Crippen LogP contribution is 2.30. The lowest BCUT2D eigenvalue weighted by molar-refractivity contribution is -0.141. The predicted molar refractivity (Wildman–Crippen MR) is 70.7 cm³/mol. The summed E-state index contributed by atoms with van der Waals surface area (Å²) in [5.74, 6) is -1.15. The number of rotatable bonds is 4. The summed E-state index contributed by atoms with van der Waals surface area (Å²) in [6.45, 7) is 3.77. The van der Waals surface area contributed by atoms with Crippen LogP contribution in [0.25, 0.3) is 10.6 Å². The molecule has 0 aliphatic rings. The van der Waals surface area contributed by atoms with Crippen LogP contribution in [0.4, 0.5) is 0 Å². The number of aryl methyl sites for hydroxylation is 1. The molecule has 0 fully saturated rings. The van der Waals surface area contributed by atoms with E-state index in [1.165, 1.54) is 21.8 Å². The van der Waals surface area contributed by atoms with Crippen LogP contribution < -0.4 is 0 Å². The molecule has 2 aromatic rings. The van der Waals surface area contributed by atoms with Gasteiger partial charge in [0.1, 0.15) is 0 Å². The Morgan fingerprint density at radius 2 is 2.29 bits per heavy atom. The number of carbonyl (C=O) groups is 1. The van der Waals surface area contributed by atoms with Crippen molar-refractivity contribution < 1.29 is 9.90 Å². The van der Waals surface area contributed by atoms with Crippen molar-refractivity contribution in [3.8, 4) is 10.6 Å². The lowest BCUT2D eigenvalue weighted by Crippen LogP contribution is -2.11. The zero-order chi connectivity index (χ0) is 12.4. The van der Waals surface area contributed by atoms with Crippen LogP contribution in [0, 0.1) is 12.8 Å². The van der Waals surface area contributed by atoms with Crippen LogP contribution in [0.1, 0.15) is 17.5 Å². The Bertz CT molecular complexity index is 530. The lowest BCUT2D eigenvalue weighted by atomic mass is 10.1. The van der Waals surface area contributed by atoms with Crippen molar-refractivity contribution in [1.82, 2.24) is 4.98 Å². The van der Waals surface area contributed by atoms with E-state index in [2.05, 4.69) is 18.0 Å². The number of thiophene rings is 1. The second kappa shape index (κ2) is 4.98. The van der Waals surface area contributed by atoms with Gasteiger partial charge in [-0.3, -0.25) is 4.79 Å². The third kappa shape index (κ3) is 2.73. The minimum Gasteiger partial charge on any atom is -0.481 e. The molecule has 0 saturated heterocycles. The topological polar surface area (TPSA) is 50.2 Å². The van der Waals surface area contributed by atoms with Gasteiger partial charge in [-0.2, -0.15) is 0 Å². The van der Waals surface area contributed by atoms with E-state index in [4.69, 9.17) is 5.11 Å². The summed E-state index contributed by atoms with van der Waals surface area (Å²) in [6.07, 6.45) is 0.504. The Labute approximate surface area is 108 Å². The van der Waals surface area contributed by atoms with Crippen molar-refractivity contribution in [2.45, 2.75) is 20.3 Å². The van der Waals surface area contributed by atoms with E-state index in [1.54, 1.807) is 18.3 Å². The van der Waals surface area contributed by atoms with Crippen LogP contribution in [-0.4, -0.2) is 16.1 Å². The number of thiazole rings is 1. The highest BCUT2D eigenvalue weighted by molar-refractivity contribution is 7.14. The number of nitrogens with zero attached hydrogens (tertiary/aromatic N) is 1. The first kappa shape index (κ1) is 12.3. The van der Waals surface area contributed by atoms with Crippen molar-refractivity contribution in [2.24, 2.45) is 5.92 Å². The maximum atomic E-state index is 10.8. The maximum absolute atomic E-state index is 10.8. The maximum Gasteiger partial charge on any atom is 0.306 e. The first-order valence-electron chi connectivity index (χ1n) is 5.29. The Kier molecular flexibility index (Phi) is 3.59. The van der Waals surface area contributed by atoms with Gasteiger partial charge in [-0.15, -0.1) is 22.7 Å². The molecule has 0 aliphatic heterocycles. The SMILES string of the molecule is Cc1ccsc1-c1csc(CC(C)C(=O)O)n1. The fraction of sp³-hybridized carbons (Fsp3) is 0.333. The highest BCUT2D eigenvalue weighted by Gasteiger charge is 2.15. The molecule has 2 rings (SSSR count). The summed E-state index contributed by atoms with van der Waals surface area (Å²) in [7, 11) is 0. The van der Waals surface area contributed by atoms with Crippen LogP contribution in [0.3, 0.4) is 0 Å². The van der Waals surface area contributed by atoms with Crippen molar-refractivity contribution >= 4 is 28.6 Å². The van der Waals surface area contributed by atoms with Crippen molar-refractivity contribution in [3.63, 3.8) is 0 Å². The van der Waals surface area contributed by atoms with Gasteiger partial charge < -0.3 is 5.11 Å². The van der Waals surface area contributed by atoms with Gasteiger partial charge in [-0.1, -0.05) is 6.92 Å². The average molecular weight is 267 g/mol. The fourth-order valence-electron chi connectivity index (χ4n) is 1.49. The second-order valence-electron chi connectivity index (χ2n) is 4.00. The number of aliphatic carboxylic acids is 1. The van der Waals surface area contributed by atoms with Crippen molar-refractivity contribution in [3.05, 3.63) is 27.4 Å². The molecular formula is C12H13NO2S2. The van der Waals surface area contributed by atoms with Crippen LogP contribution in [0.5, 0.6) is 0 Å². The zero-order valence-electron chi connectivity index (χ0n) is 9.64. The Morgan fingerprint density at radius 3 is 2.88 bits per heavy atom. The number of carboxylic acids is 1. The van der Waals surface area contributed by atoms with Crippen molar-refractivity contribution in [1.29, 1.82) is 0 Å². The van der Waals surface area contributed by atoms with Gasteiger partial charge in [0.25, 0.3) is 0 Å². The number of carboxylic acid groups (broad SMARTS) is 1. The summed E-state index contributed by atoms with van der Waals surface area (Å²) < 4.78 is 0. The van der Waals surface area contributed by atoms with Crippen LogP contribution >= 0.6 is 22.7 Å². The quantitative estimate of drug-likeness (QED) is 0.923. The summed E-state index contributed by atoms with van der Waals surface area (Å²) in [6, 6.07) is 2.07. The Morgan fingerprint density at radius 1 is 1.53 bits per heavy atom. The standard InChI is InChI=1S/C12H13NO2S2/c1-7-3-4-16-11(7)9-6-17-10(13-9)5-8(2)12(14)15/h3-4,6,8H,5H2,1-2H3,(H,14,15). The van der Waals surface area contributed by atoms with E-state index in [-0.39, 0.29) is 5.92 Å². The second-order valence-corrected chi connectivity index (χ2v) is 5.86. The Balaban J connectivity index is 2.17. The molecule has 2 heterocycles. The fourth-order valence-corrected chi connectivity index (χ4v) is 3.37. The van der Waals surface area contributed by atoms with E-state index in [9.17, 15) is 4.79 Å². The number of aromatic nitrogens is 1. The molecule has 3 nitrogen and oxygen atoms in total. The first-order chi connectivity index (χ1) is 8.08. The lowest BCUT2D eigenvalue weighted by Gasteiger charge is -2.01. The molecule has 1 unspecified atom stereocenters. The molecule has 90 valence electrons. The van der Waals surface area contributed by atoms with E-state index in [0.717, 1.165) is 10.7 Å². The van der Waals surface area contributed by atoms with Crippen LogP contribution in [-0.2, 0) is 11.2 Å². The molecule has 1 atom stereocenters. The molecule has 2 aromatic heterocycles. The normalized spacial score (nSPS) is 12.6. The smallest absolute Gasteiger partial charge is 0.306 e. The predicted octanol–water partition coefficient (Wildman–Crippen LogP) is 3.44. The first-order valence-corrected chi connectivity index (χ1v) is 7.05. The molecule has 17 heavy (non-hydrogen) atoms. The van der Waals surface area contributed by atoms with Gasteiger partial charge in [0.05, 0.1) is 21.5 Å². The minimum atomic E-state index is -0.769. The summed E-state index contributed by atoms with van der Waals surface area (Å²) in [4.78, 5) is 16.5. The molecule has 0 radical (unpaired) electrons. The van der Waals surface area contributed by atoms with Gasteiger partial charge in [-0.25, -0.2) is 4.98 Å². The molecule has 0 amide bonds. The van der Waals surface area contributed by atoms with Gasteiger partial charge in [0.2, 0.25) is 0 Å². The molecule has 0 bridgehead atoms. The minimum absolute atomic E-state index is 0.376. The van der Waals surface area contributed by atoms with Gasteiger partial charge >= 0.3 is 5.97 Å². The van der Waals surface area contributed by atoms with E-state index in [0.29, 0.717) is 6.42 Å². The van der Waals surface area contributed by atoms with Crippen LogP contribution in [0.2, 0.25) is 0 Å². The number of hydrogen-bond acceptors (Lipinski definition) is 4. The highest BCUT2D eigenvalue weighted by atomic mass is 32.1. The molecular weight excluding hydrogens is 254 g/mol. The molecule has 0 spiro atoms. The monoisotopic (exact) mass is 267 g/mol. The van der Waals surface area contributed by atoms with Gasteiger partial charge in [0.15, 0.2) is 0 Å². The van der Waals surface area contributed by atoms with Gasteiger partial charge in [-0.05, 0) is 23.9 Å². The molecule has 1 N–H and O–H groups in total. The third-order valence-corrected chi connectivity index (χ3v) is 4.46. The summed E-state index contributed by atoms with van der Waals surface area (Å²) in [5.41, 5.74) is 2.19. The average Bonchev–Trinajstić information content (AvgIpc) is 2.86. The van der Waals surface area contributed by atoms with Crippen molar-refractivity contribution in [2.75, 3.05) is 0 Å². The third-order valence-electron chi connectivity index (χ3n) is 2.55. The molecule has 0 aromatic carbocycles. The van der Waals surface area contributed by atoms with Gasteiger partial charge in [0, 0.05) is 11.8 Å². The summed E-state index contributed by atoms with van der Waals surface area (Å²) in [5, 5.41) is 13.8. The number of hydrogen-bond donors (Lipinski definition) is 1. The van der Waals surface area contributed by atoms with E-state index >= 15 is 0 Å². The summed E-state index contributed by atoms with van der Waals surface area (Å²) >= 11 is 3.20. The molecule has 0 aliphatic carbocycles. The van der Waals surface area contributed by atoms with E-state index in [1.807, 2.05) is 10.8 Å². The molecule has 0 saturated carbocycles. The van der Waals surface area contributed by atoms with E-state index < -0.39 is 5.97 Å². The largest absolute Gasteiger partial charge is 0.481 e. The Hall–Kier alpha value is -1.20.